The van der Waals surface area contributed by atoms with Crippen LogP contribution >= 0.6 is 0 Å². The summed E-state index contributed by atoms with van der Waals surface area (Å²) < 4.78 is 14.6. The molecule has 6 aromatic rings. The van der Waals surface area contributed by atoms with E-state index in [1.54, 1.807) is 30.7 Å². The number of nitrogens with one attached hydrogen (secondary N) is 3. The Labute approximate surface area is 224 Å². The lowest BCUT2D eigenvalue weighted by atomic mass is 9.92. The van der Waals surface area contributed by atoms with Crippen molar-refractivity contribution in [3.05, 3.63) is 85.1 Å². The van der Waals surface area contributed by atoms with Gasteiger partial charge in [-0.3, -0.25) is 14.9 Å². The molecule has 0 aliphatic carbocycles. The van der Waals surface area contributed by atoms with Gasteiger partial charge in [0.2, 0.25) is 5.91 Å². The summed E-state index contributed by atoms with van der Waals surface area (Å²) in [6, 6.07) is 18.4. The van der Waals surface area contributed by atoms with Crippen LogP contribution in [0.1, 0.15) is 27.2 Å². The molecule has 3 N–H and O–H groups in total. The van der Waals surface area contributed by atoms with Crippen molar-refractivity contribution < 1.29 is 9.18 Å². The highest BCUT2D eigenvalue weighted by atomic mass is 19.1. The van der Waals surface area contributed by atoms with Crippen LogP contribution in [-0.2, 0) is 4.79 Å². The van der Waals surface area contributed by atoms with E-state index in [-0.39, 0.29) is 17.1 Å². The molecule has 4 aromatic heterocycles. The Balaban J connectivity index is 1.37. The summed E-state index contributed by atoms with van der Waals surface area (Å²) in [5.41, 5.74) is 6.56. The number of carbonyl (C=O) groups excluding carboxylic acids is 1. The fourth-order valence-electron chi connectivity index (χ4n) is 4.82. The standard InChI is InChI=1S/C31H27FN6O/c1-31(2,3)14-28(39)35-20-11-18(15-33-17-20)19-12-24-29(37-38-30(24)34-16-19)27-13-23-21(8-6-10-26(23)36-27)22-7-4-5-9-25(22)32/h4-13,15-17,36H,14H2,1-3H3,(H,35,39)(H,34,37,38). The first kappa shape index (κ1) is 24.5. The number of halogens is 1. The summed E-state index contributed by atoms with van der Waals surface area (Å²) >= 11 is 0. The van der Waals surface area contributed by atoms with Crippen LogP contribution in [-0.4, -0.2) is 31.1 Å². The third-order valence-corrected chi connectivity index (χ3v) is 6.55. The largest absolute Gasteiger partial charge is 0.353 e. The predicted octanol–water partition coefficient (Wildman–Crippen LogP) is 7.35. The molecule has 2 aromatic carbocycles. The normalized spacial score (nSPS) is 11.8. The molecule has 194 valence electrons. The van der Waals surface area contributed by atoms with Gasteiger partial charge in [0.25, 0.3) is 0 Å². The van der Waals surface area contributed by atoms with Crippen molar-refractivity contribution in [3.63, 3.8) is 0 Å². The maximum atomic E-state index is 14.6. The molecule has 7 nitrogen and oxygen atoms in total. The van der Waals surface area contributed by atoms with Crippen LogP contribution in [0.5, 0.6) is 0 Å². The monoisotopic (exact) mass is 518 g/mol. The van der Waals surface area contributed by atoms with E-state index >= 15 is 0 Å². The van der Waals surface area contributed by atoms with Gasteiger partial charge in [0.15, 0.2) is 5.65 Å². The minimum absolute atomic E-state index is 0.0549. The molecule has 0 radical (unpaired) electrons. The van der Waals surface area contributed by atoms with Gasteiger partial charge in [-0.1, -0.05) is 51.1 Å². The van der Waals surface area contributed by atoms with Gasteiger partial charge < -0.3 is 10.3 Å². The first-order valence-electron chi connectivity index (χ1n) is 12.7. The molecule has 0 atom stereocenters. The summed E-state index contributed by atoms with van der Waals surface area (Å²) in [5.74, 6) is -0.321. The number of pyridine rings is 2. The van der Waals surface area contributed by atoms with Gasteiger partial charge in [-0.2, -0.15) is 5.10 Å². The number of carbonyl (C=O) groups is 1. The number of amides is 1. The van der Waals surface area contributed by atoms with E-state index in [0.29, 0.717) is 29.0 Å². The van der Waals surface area contributed by atoms with Crippen molar-refractivity contribution in [1.82, 2.24) is 25.1 Å². The van der Waals surface area contributed by atoms with Crippen LogP contribution in [0.25, 0.3) is 55.6 Å². The Morgan fingerprint density at radius 1 is 0.923 bits per heavy atom. The Hall–Kier alpha value is -4.85. The molecule has 6 rings (SSSR count). The van der Waals surface area contributed by atoms with E-state index in [9.17, 15) is 9.18 Å². The molecule has 39 heavy (non-hydrogen) atoms. The van der Waals surface area contributed by atoms with Gasteiger partial charge in [-0.15, -0.1) is 0 Å². The Morgan fingerprint density at radius 3 is 2.54 bits per heavy atom. The van der Waals surface area contributed by atoms with E-state index in [1.807, 2.05) is 63.2 Å². The third kappa shape index (κ3) is 4.88. The summed E-state index contributed by atoms with van der Waals surface area (Å²) in [6.07, 6.45) is 5.54. The van der Waals surface area contributed by atoms with E-state index in [1.165, 1.54) is 6.07 Å². The summed E-state index contributed by atoms with van der Waals surface area (Å²) in [4.78, 5) is 24.8. The number of hydrogen-bond acceptors (Lipinski definition) is 4. The number of H-pyrrole nitrogens is 2. The van der Waals surface area contributed by atoms with Crippen molar-refractivity contribution in [3.8, 4) is 33.6 Å². The highest BCUT2D eigenvalue weighted by Gasteiger charge is 2.18. The summed E-state index contributed by atoms with van der Waals surface area (Å²) in [5, 5.41) is 12.2. The average Bonchev–Trinajstić information content (AvgIpc) is 3.51. The van der Waals surface area contributed by atoms with Crippen LogP contribution in [0.2, 0.25) is 0 Å². The fraction of sp³-hybridized carbons (Fsp3) is 0.161. The molecule has 0 aliphatic rings. The lowest BCUT2D eigenvalue weighted by Gasteiger charge is -2.17. The molecular formula is C31H27FN6O. The number of rotatable bonds is 5. The Morgan fingerprint density at radius 2 is 1.72 bits per heavy atom. The Kier molecular flexibility index (Phi) is 5.95. The quantitative estimate of drug-likeness (QED) is 0.222. The van der Waals surface area contributed by atoms with Crippen molar-refractivity contribution in [2.24, 2.45) is 5.41 Å². The maximum Gasteiger partial charge on any atom is 0.224 e. The molecule has 0 spiro atoms. The van der Waals surface area contributed by atoms with Gasteiger partial charge in [-0.05, 0) is 41.3 Å². The molecule has 4 heterocycles. The average molecular weight is 519 g/mol. The second kappa shape index (κ2) is 9.47. The number of aromatic amines is 2. The maximum absolute atomic E-state index is 14.6. The fourth-order valence-corrected chi connectivity index (χ4v) is 4.82. The van der Waals surface area contributed by atoms with Crippen LogP contribution in [0.15, 0.2) is 79.3 Å². The number of nitrogens with zero attached hydrogens (tertiary/aromatic N) is 3. The molecule has 0 bridgehead atoms. The van der Waals surface area contributed by atoms with Gasteiger partial charge in [0.05, 0.1) is 17.6 Å². The van der Waals surface area contributed by atoms with Gasteiger partial charge >= 0.3 is 0 Å². The number of fused-ring (bicyclic) bond motifs is 2. The van der Waals surface area contributed by atoms with E-state index in [4.69, 9.17) is 0 Å². The third-order valence-electron chi connectivity index (χ3n) is 6.55. The lowest BCUT2D eigenvalue weighted by Crippen LogP contribution is -2.19. The van der Waals surface area contributed by atoms with Gasteiger partial charge in [0.1, 0.15) is 11.5 Å². The van der Waals surface area contributed by atoms with Crippen LogP contribution in [0.4, 0.5) is 10.1 Å². The second-order valence-corrected chi connectivity index (χ2v) is 10.9. The van der Waals surface area contributed by atoms with E-state index < -0.39 is 0 Å². The molecule has 0 saturated carbocycles. The van der Waals surface area contributed by atoms with Gasteiger partial charge in [-0.25, -0.2) is 9.37 Å². The molecule has 0 fully saturated rings. The predicted molar refractivity (Wildman–Crippen MR) is 153 cm³/mol. The summed E-state index contributed by atoms with van der Waals surface area (Å²) in [6.45, 7) is 6.08. The smallest absolute Gasteiger partial charge is 0.224 e. The topological polar surface area (TPSA) is 99.3 Å². The van der Waals surface area contributed by atoms with Crippen molar-refractivity contribution in [2.75, 3.05) is 5.32 Å². The number of benzene rings is 2. The second-order valence-electron chi connectivity index (χ2n) is 10.9. The SMILES string of the molecule is CC(C)(C)CC(=O)Nc1cncc(-c2cnc3[nH]nc(-c4cc5c(-c6ccccc6F)cccc5[nH]4)c3c2)c1. The van der Waals surface area contributed by atoms with Crippen molar-refractivity contribution >= 4 is 33.5 Å². The molecule has 0 unspecified atom stereocenters. The number of anilines is 1. The first-order valence-corrected chi connectivity index (χ1v) is 12.7. The molecule has 0 aliphatic heterocycles. The van der Waals surface area contributed by atoms with E-state index in [0.717, 1.165) is 38.7 Å². The molecule has 1 amide bonds. The minimum Gasteiger partial charge on any atom is -0.353 e. The Bertz CT molecular complexity index is 1850. The molecular weight excluding hydrogens is 491 g/mol. The van der Waals surface area contributed by atoms with Crippen LogP contribution < -0.4 is 5.32 Å². The first-order chi connectivity index (χ1) is 18.7. The minimum atomic E-state index is -0.266. The highest BCUT2D eigenvalue weighted by molar-refractivity contribution is 6.01. The molecule has 0 saturated heterocycles. The van der Waals surface area contributed by atoms with Crippen molar-refractivity contribution in [1.29, 1.82) is 0 Å². The number of aromatic nitrogens is 5. The molecule has 8 heteroatoms. The van der Waals surface area contributed by atoms with Gasteiger partial charge in [0, 0.05) is 51.8 Å². The van der Waals surface area contributed by atoms with Crippen LogP contribution in [0, 0.1) is 11.2 Å². The van der Waals surface area contributed by atoms with Crippen LogP contribution in [0.3, 0.4) is 0 Å². The highest BCUT2D eigenvalue weighted by Crippen LogP contribution is 2.35. The van der Waals surface area contributed by atoms with E-state index in [2.05, 4.69) is 30.5 Å². The zero-order valence-corrected chi connectivity index (χ0v) is 21.8. The van der Waals surface area contributed by atoms with Crippen molar-refractivity contribution in [2.45, 2.75) is 27.2 Å². The summed E-state index contributed by atoms with van der Waals surface area (Å²) in [7, 11) is 0. The zero-order chi connectivity index (χ0) is 27.1. The lowest BCUT2D eigenvalue weighted by molar-refractivity contribution is -0.117. The zero-order valence-electron chi connectivity index (χ0n) is 21.8. The number of hydrogen-bond donors (Lipinski definition) is 3.